The first-order valence-electron chi connectivity index (χ1n) is 33.2. The van der Waals surface area contributed by atoms with E-state index >= 15 is 0 Å². The number of ether oxygens (including phenoxy) is 3. The zero-order chi connectivity index (χ0) is 71.0. The number of methoxy groups -OCH3 is 2. The summed E-state index contributed by atoms with van der Waals surface area (Å²) in [5, 5.41) is 19.6. The van der Waals surface area contributed by atoms with Gasteiger partial charge in [-0.15, -0.1) is 11.3 Å². The first kappa shape index (κ1) is 78.4. The number of urea groups is 1. The van der Waals surface area contributed by atoms with E-state index in [1.807, 2.05) is 56.5 Å². The Hall–Kier alpha value is -8.30. The number of aromatic nitrogens is 1. The van der Waals surface area contributed by atoms with E-state index in [0.29, 0.717) is 62.7 Å². The number of hydrogen-bond acceptors (Lipinski definition) is 16. The third-order valence-corrected chi connectivity index (χ3v) is 19.0. The monoisotopic (exact) mass is 1350 g/mol. The lowest BCUT2D eigenvalue weighted by atomic mass is 9.89. The molecule has 1 aromatic heterocycles. The summed E-state index contributed by atoms with van der Waals surface area (Å²) < 4.78 is 17.9. The normalized spacial score (nSPS) is 16.7. The van der Waals surface area contributed by atoms with Gasteiger partial charge in [0.05, 0.1) is 42.7 Å². The molecule has 96 heavy (non-hydrogen) atoms. The maximum atomic E-state index is 14.8. The molecule has 2 aliphatic rings. The Kier molecular flexibility index (Phi) is 30.9. The van der Waals surface area contributed by atoms with Gasteiger partial charge in [-0.3, -0.25) is 53.0 Å². The number of anilines is 1. The van der Waals surface area contributed by atoms with Gasteiger partial charge in [0.2, 0.25) is 41.4 Å². The highest BCUT2D eigenvalue weighted by Crippen LogP contribution is 2.31. The highest BCUT2D eigenvalue weighted by atomic mass is 32.1. The first-order valence-corrected chi connectivity index (χ1v) is 34.1. The lowest BCUT2D eigenvalue weighted by Crippen LogP contribution is -2.62. The van der Waals surface area contributed by atoms with Crippen LogP contribution >= 0.6 is 11.3 Å². The average Bonchev–Trinajstić information content (AvgIpc) is 0.938. The number of nitrogens with one attached hydrogen (secondary N) is 6. The van der Waals surface area contributed by atoms with E-state index < -0.39 is 95.5 Å². The van der Waals surface area contributed by atoms with Gasteiger partial charge in [0, 0.05) is 83.8 Å². The van der Waals surface area contributed by atoms with Gasteiger partial charge < -0.3 is 61.6 Å². The molecule has 0 aliphatic carbocycles. The average molecular weight is 1360 g/mol. The summed E-state index contributed by atoms with van der Waals surface area (Å²) in [6.07, 6.45) is 6.23. The van der Waals surface area contributed by atoms with Crippen molar-refractivity contribution in [1.29, 1.82) is 0 Å². The molecule has 27 heteroatoms. The number of benzene rings is 2. The first-order chi connectivity index (χ1) is 45.5. The minimum Gasteiger partial charge on any atom is -0.445 e. The van der Waals surface area contributed by atoms with Gasteiger partial charge in [0.1, 0.15) is 35.3 Å². The van der Waals surface area contributed by atoms with Crippen LogP contribution in [0.3, 0.4) is 0 Å². The maximum Gasteiger partial charge on any atom is 0.410 e. The van der Waals surface area contributed by atoms with Gasteiger partial charge in [-0.1, -0.05) is 104 Å². The third-order valence-electron chi connectivity index (χ3n) is 18.1. The van der Waals surface area contributed by atoms with Crippen LogP contribution in [0.2, 0.25) is 0 Å². The minimum absolute atomic E-state index is 0.0780. The van der Waals surface area contributed by atoms with E-state index in [0.717, 1.165) is 20.4 Å². The Morgan fingerprint density at radius 3 is 2.04 bits per heavy atom. The number of imide groups is 1. The second-order valence-corrected chi connectivity index (χ2v) is 26.9. The van der Waals surface area contributed by atoms with Crippen LogP contribution < -0.4 is 37.6 Å². The molecule has 0 radical (unpaired) electrons. The fourth-order valence-corrected chi connectivity index (χ4v) is 12.6. The van der Waals surface area contributed by atoms with Crippen molar-refractivity contribution < 1.29 is 67.0 Å². The molecular weight excluding hydrogens is 1250 g/mol. The lowest BCUT2D eigenvalue weighted by molar-refractivity contribution is -0.148. The number of nitrogens with two attached hydrogens (primary N) is 1. The zero-order valence-corrected chi connectivity index (χ0v) is 58.8. The molecule has 26 nitrogen and oxygen atoms in total. The molecule has 528 valence electrons. The van der Waals surface area contributed by atoms with E-state index in [2.05, 4.69) is 36.9 Å². The summed E-state index contributed by atoms with van der Waals surface area (Å²) in [4.78, 5) is 157. The van der Waals surface area contributed by atoms with Crippen molar-refractivity contribution in [3.05, 3.63) is 94.5 Å². The summed E-state index contributed by atoms with van der Waals surface area (Å²) in [7, 11) is 6.11. The van der Waals surface area contributed by atoms with E-state index in [1.165, 1.54) is 51.5 Å². The molecule has 0 bridgehead atoms. The molecule has 0 saturated carbocycles. The maximum absolute atomic E-state index is 14.8. The summed E-state index contributed by atoms with van der Waals surface area (Å²) in [5.74, 6) is -5.43. The number of rotatable bonds is 38. The van der Waals surface area contributed by atoms with E-state index in [1.54, 1.807) is 82.1 Å². The van der Waals surface area contributed by atoms with Crippen molar-refractivity contribution in [3.63, 3.8) is 0 Å². The van der Waals surface area contributed by atoms with Gasteiger partial charge in [0.15, 0.2) is 0 Å². The van der Waals surface area contributed by atoms with Gasteiger partial charge in [-0.05, 0) is 99.8 Å². The predicted molar refractivity (Wildman–Crippen MR) is 363 cm³/mol. The molecule has 1 fully saturated rings. The molecule has 8 N–H and O–H groups in total. The SMILES string of the molecule is CC[C@H](C)C([C@@H](CC(=O)N1CCC[C@H]1C(OC)C(C)C(=O)N[C@@H](Cc1ccccc1)c1nccs1)OC)N(C)C(=O)[C@@H](NC(=O)C(C)(C)N(C)C(=O)OCc1ccc(NC(=O)[C@H](CCCNC(N)=O)NC(=O)[C@@H](NC(=O)CCCCCN2C(=O)C=CC2=O)C(C)C)cc1)C(C)C. The number of carbonyl (C=O) groups is 11. The second-order valence-electron chi connectivity index (χ2n) is 26.0. The topological polar surface area (TPSA) is 340 Å². The molecule has 12 amide bonds. The second kappa shape index (κ2) is 37.9. The molecule has 0 spiro atoms. The number of thiazole rings is 1. The molecule has 2 aromatic carbocycles. The van der Waals surface area contributed by atoms with E-state index in [-0.39, 0.29) is 92.8 Å². The van der Waals surface area contributed by atoms with Gasteiger partial charge in [0.25, 0.3) is 11.8 Å². The molecule has 3 heterocycles. The molecule has 2 aliphatic heterocycles. The highest BCUT2D eigenvalue weighted by molar-refractivity contribution is 7.09. The Bertz CT molecular complexity index is 3110. The number of carbonyl (C=O) groups excluding carboxylic acids is 11. The highest BCUT2D eigenvalue weighted by Gasteiger charge is 2.45. The quantitative estimate of drug-likeness (QED) is 0.0250. The number of hydrogen-bond donors (Lipinski definition) is 7. The van der Waals surface area contributed by atoms with Crippen LogP contribution in [0.25, 0.3) is 0 Å². The van der Waals surface area contributed by atoms with Crippen molar-refractivity contribution in [2.45, 2.75) is 194 Å². The number of nitrogens with zero attached hydrogens (tertiary/aromatic N) is 5. The lowest BCUT2D eigenvalue weighted by Gasteiger charge is -2.41. The molecular formula is C69H102N12O14S. The number of primary amides is 1. The van der Waals surface area contributed by atoms with Crippen LogP contribution in [0.15, 0.2) is 78.3 Å². The van der Waals surface area contributed by atoms with Crippen molar-refractivity contribution in [2.75, 3.05) is 53.3 Å². The largest absolute Gasteiger partial charge is 0.445 e. The molecule has 1 saturated heterocycles. The standard InChI is InChI=1S/C69H102N12O14S/c1-14-44(6)59(52(93-12)40-56(85)80-37-22-26-51(80)60(94-13)45(7)61(86)75-50(64-71-35-38-96-64)39-46-23-17-15-18-24-46)78(10)65(89)58(43(4)5)77-66(90)69(8,9)79(11)68(92)95-41-47-28-30-48(31-29-47)73-62(87)49(25-21-34-72-67(70)91)74-63(88)57(42(2)3)76-53(82)27-19-16-20-36-81-54(83)32-33-55(81)84/h15,17-18,23-24,28-33,35,38,42-45,49-52,57-60H,14,16,19-22,25-27,34,36-37,39-41H2,1-13H3,(H,73,87)(H,74,88)(H,75,86)(H,76,82)(H,77,90)(H3,70,72,91)/t44-,45?,49-,50-,51-,52+,57-,58-,59?,60?/m0/s1. The molecule has 3 aromatic rings. The molecule has 5 rings (SSSR count). The van der Waals surface area contributed by atoms with Crippen LogP contribution in [0.4, 0.5) is 15.3 Å². The van der Waals surface area contributed by atoms with Crippen molar-refractivity contribution in [2.24, 2.45) is 29.4 Å². The third kappa shape index (κ3) is 22.4. The Morgan fingerprint density at radius 1 is 0.781 bits per heavy atom. The summed E-state index contributed by atoms with van der Waals surface area (Å²) in [5.41, 5.74) is 5.60. The summed E-state index contributed by atoms with van der Waals surface area (Å²) in [6, 6.07) is 10.9. The van der Waals surface area contributed by atoms with Crippen molar-refractivity contribution in [1.82, 2.24) is 51.2 Å². The number of likely N-dealkylation sites (N-methyl/N-ethyl adjacent to an activating group) is 2. The zero-order valence-electron chi connectivity index (χ0n) is 58.0. The Balaban J connectivity index is 1.16. The number of unbranched alkanes of at least 4 members (excludes halogenated alkanes) is 2. The number of amides is 12. The molecule has 10 atom stereocenters. The van der Waals surface area contributed by atoms with Crippen LogP contribution in [-0.2, 0) is 70.4 Å². The fourth-order valence-electron chi connectivity index (χ4n) is 11.9. The predicted octanol–water partition coefficient (Wildman–Crippen LogP) is 6.15. The molecule has 3 unspecified atom stereocenters. The van der Waals surface area contributed by atoms with Crippen LogP contribution in [0.5, 0.6) is 0 Å². The van der Waals surface area contributed by atoms with Gasteiger partial charge >= 0.3 is 12.1 Å². The van der Waals surface area contributed by atoms with E-state index in [9.17, 15) is 52.7 Å². The van der Waals surface area contributed by atoms with Crippen LogP contribution in [-0.4, -0.2) is 186 Å². The fraction of sp³-hybridized carbons (Fsp3) is 0.594. The Morgan fingerprint density at radius 2 is 1.45 bits per heavy atom. The number of likely N-dealkylation sites (tertiary alicyclic amines) is 1. The Labute approximate surface area is 568 Å². The smallest absolute Gasteiger partial charge is 0.410 e. The van der Waals surface area contributed by atoms with Gasteiger partial charge in [-0.2, -0.15) is 0 Å². The van der Waals surface area contributed by atoms with Crippen LogP contribution in [0.1, 0.15) is 149 Å². The summed E-state index contributed by atoms with van der Waals surface area (Å²) >= 11 is 1.47. The van der Waals surface area contributed by atoms with Gasteiger partial charge in [-0.25, -0.2) is 14.6 Å². The summed E-state index contributed by atoms with van der Waals surface area (Å²) in [6.45, 7) is 16.5. The van der Waals surface area contributed by atoms with Crippen molar-refractivity contribution in [3.8, 4) is 0 Å². The van der Waals surface area contributed by atoms with Crippen molar-refractivity contribution >= 4 is 82.3 Å². The van der Waals surface area contributed by atoms with Crippen LogP contribution in [0, 0.1) is 23.7 Å². The van der Waals surface area contributed by atoms with E-state index in [4.69, 9.17) is 19.9 Å². The minimum atomic E-state index is -1.55.